The molecule has 1 saturated heterocycles. The van der Waals surface area contributed by atoms with Gasteiger partial charge in [0.15, 0.2) is 11.9 Å². The lowest BCUT2D eigenvalue weighted by atomic mass is 9.49. The number of ketones is 1. The highest BCUT2D eigenvalue weighted by molar-refractivity contribution is 9.10. The largest absolute Gasteiger partial charge is 0.480 e. The molecular formula is C17H18BrNO3. The summed E-state index contributed by atoms with van der Waals surface area (Å²) in [5, 5.41) is 11.7. The van der Waals surface area contributed by atoms with Crippen molar-refractivity contribution in [2.24, 2.45) is 0 Å². The smallest absolute Gasteiger partial charge is 0.174 e. The zero-order chi connectivity index (χ0) is 15.3. The van der Waals surface area contributed by atoms with E-state index in [1.807, 2.05) is 6.07 Å². The Hall–Kier alpha value is -0.910. The number of rotatable bonds is 0. The zero-order valence-corrected chi connectivity index (χ0v) is 14.0. The summed E-state index contributed by atoms with van der Waals surface area (Å²) in [5.41, 5.74) is 0.924. The summed E-state index contributed by atoms with van der Waals surface area (Å²) in [6.45, 7) is 0.894. The van der Waals surface area contributed by atoms with Gasteiger partial charge in [-0.1, -0.05) is 6.07 Å². The Kier molecular flexibility index (Phi) is 2.42. The quantitative estimate of drug-likeness (QED) is 0.763. The molecule has 0 amide bonds. The van der Waals surface area contributed by atoms with E-state index in [1.54, 1.807) is 0 Å². The van der Waals surface area contributed by atoms with Gasteiger partial charge in [0, 0.05) is 18.0 Å². The zero-order valence-electron chi connectivity index (χ0n) is 12.4. The van der Waals surface area contributed by atoms with Crippen molar-refractivity contribution in [3.05, 3.63) is 27.7 Å². The maximum Gasteiger partial charge on any atom is 0.174 e. The van der Waals surface area contributed by atoms with Crippen molar-refractivity contribution in [2.45, 2.75) is 48.8 Å². The van der Waals surface area contributed by atoms with Gasteiger partial charge < -0.3 is 14.7 Å². The van der Waals surface area contributed by atoms with E-state index in [1.165, 1.54) is 5.56 Å². The molecule has 2 fully saturated rings. The van der Waals surface area contributed by atoms with E-state index in [4.69, 9.17) is 4.74 Å². The maximum atomic E-state index is 12.6. The number of ether oxygens (including phenoxy) is 1. The Morgan fingerprint density at radius 3 is 3.05 bits per heavy atom. The predicted molar refractivity (Wildman–Crippen MR) is 84.2 cm³/mol. The summed E-state index contributed by atoms with van der Waals surface area (Å²) in [7, 11) is 2.08. The molecular weight excluding hydrogens is 346 g/mol. The fraction of sp³-hybridized carbons (Fsp3) is 0.588. The standard InChI is InChI=1S/C17H18BrNO3/c1-19-7-6-16-13-9-2-3-10(18)14(13)22-15(16)11(20)4-5-17(16,21)12(19)8-9/h2-3,12,15,21H,4-8H2,1H3/t12-,15?,16+,17-/m1/s1. The molecule has 1 N–H and O–H groups in total. The van der Waals surface area contributed by atoms with Crippen LogP contribution in [0.25, 0.3) is 0 Å². The third kappa shape index (κ3) is 1.24. The van der Waals surface area contributed by atoms with Crippen LogP contribution in [-0.4, -0.2) is 47.1 Å². The van der Waals surface area contributed by atoms with Crippen LogP contribution in [0.4, 0.5) is 0 Å². The van der Waals surface area contributed by atoms with Gasteiger partial charge in [0.05, 0.1) is 15.5 Å². The Morgan fingerprint density at radius 1 is 1.41 bits per heavy atom. The monoisotopic (exact) mass is 363 g/mol. The van der Waals surface area contributed by atoms with Gasteiger partial charge in [0.25, 0.3) is 0 Å². The number of halogens is 1. The number of Topliss-reactive ketones (excluding diaryl/α,β-unsaturated/α-hetero) is 1. The minimum Gasteiger partial charge on any atom is -0.480 e. The van der Waals surface area contributed by atoms with Gasteiger partial charge in [-0.25, -0.2) is 0 Å². The summed E-state index contributed by atoms with van der Waals surface area (Å²) >= 11 is 3.57. The van der Waals surface area contributed by atoms with Crippen LogP contribution in [0.15, 0.2) is 16.6 Å². The van der Waals surface area contributed by atoms with Crippen molar-refractivity contribution in [2.75, 3.05) is 13.6 Å². The van der Waals surface area contributed by atoms with E-state index < -0.39 is 17.1 Å². The third-order valence-electron chi connectivity index (χ3n) is 6.50. The average molecular weight is 364 g/mol. The van der Waals surface area contributed by atoms with E-state index in [9.17, 15) is 9.90 Å². The van der Waals surface area contributed by atoms with Gasteiger partial charge in [-0.05, 0) is 60.4 Å². The third-order valence-corrected chi connectivity index (χ3v) is 7.12. The second-order valence-corrected chi connectivity index (χ2v) is 8.08. The predicted octanol–water partition coefficient (Wildman–Crippen LogP) is 1.80. The molecule has 1 spiro atoms. The van der Waals surface area contributed by atoms with Gasteiger partial charge in [-0.3, -0.25) is 4.79 Å². The van der Waals surface area contributed by atoms with Crippen molar-refractivity contribution in [1.29, 1.82) is 0 Å². The molecule has 4 nitrogen and oxygen atoms in total. The molecule has 22 heavy (non-hydrogen) atoms. The fourth-order valence-corrected chi connectivity index (χ4v) is 5.94. The van der Waals surface area contributed by atoms with Gasteiger partial charge in [0.2, 0.25) is 0 Å². The van der Waals surface area contributed by atoms with E-state index in [-0.39, 0.29) is 11.8 Å². The molecule has 116 valence electrons. The maximum absolute atomic E-state index is 12.6. The summed E-state index contributed by atoms with van der Waals surface area (Å²) in [6.07, 6.45) is 2.05. The first-order valence-electron chi connectivity index (χ1n) is 7.93. The number of aliphatic hydroxyl groups is 1. The Labute approximate surface area is 137 Å². The molecule has 2 aliphatic carbocycles. The molecule has 1 saturated carbocycles. The summed E-state index contributed by atoms with van der Waals surface area (Å²) in [5.74, 6) is 0.933. The molecule has 1 unspecified atom stereocenters. The van der Waals surface area contributed by atoms with Crippen LogP contribution < -0.4 is 4.74 Å². The van der Waals surface area contributed by atoms with E-state index in [0.29, 0.717) is 12.8 Å². The van der Waals surface area contributed by atoms with Crippen LogP contribution in [0.3, 0.4) is 0 Å². The molecule has 2 aliphatic heterocycles. The van der Waals surface area contributed by atoms with E-state index >= 15 is 0 Å². The number of nitrogens with zero attached hydrogens (tertiary/aromatic N) is 1. The molecule has 0 radical (unpaired) electrons. The first-order chi connectivity index (χ1) is 10.5. The number of carbonyl (C=O) groups is 1. The topological polar surface area (TPSA) is 49.8 Å². The molecule has 1 aromatic carbocycles. The van der Waals surface area contributed by atoms with E-state index in [2.05, 4.69) is 33.9 Å². The minimum absolute atomic E-state index is 0.0695. The number of hydrogen-bond donors (Lipinski definition) is 1. The fourth-order valence-electron chi connectivity index (χ4n) is 5.52. The number of hydrogen-bond acceptors (Lipinski definition) is 4. The molecule has 5 heteroatoms. The normalized spacial score (nSPS) is 42.0. The molecule has 0 aromatic heterocycles. The van der Waals surface area contributed by atoms with Crippen molar-refractivity contribution in [1.82, 2.24) is 4.90 Å². The molecule has 2 bridgehead atoms. The lowest BCUT2D eigenvalue weighted by Gasteiger charge is -2.62. The summed E-state index contributed by atoms with van der Waals surface area (Å²) in [6, 6.07) is 4.20. The van der Waals surface area contributed by atoms with Crippen LogP contribution in [-0.2, 0) is 16.6 Å². The van der Waals surface area contributed by atoms with Crippen LogP contribution in [0, 0.1) is 0 Å². The second-order valence-electron chi connectivity index (χ2n) is 7.22. The Morgan fingerprint density at radius 2 is 2.23 bits per heavy atom. The van der Waals surface area contributed by atoms with Gasteiger partial charge in [-0.2, -0.15) is 0 Å². The SMILES string of the molecule is CN1CC[C@]23c4c5ccc(Br)c4OC2C(=O)CC[C@@]3(O)[C@H]1C5. The average Bonchev–Trinajstić information content (AvgIpc) is 2.85. The van der Waals surface area contributed by atoms with Crippen LogP contribution in [0.1, 0.15) is 30.4 Å². The lowest BCUT2D eigenvalue weighted by molar-refractivity contribution is -0.185. The van der Waals surface area contributed by atoms with Gasteiger partial charge in [0.1, 0.15) is 5.75 Å². The number of piperidine rings is 1. The van der Waals surface area contributed by atoms with Crippen LogP contribution in [0.5, 0.6) is 5.75 Å². The van der Waals surface area contributed by atoms with E-state index in [0.717, 1.165) is 35.2 Å². The van der Waals surface area contributed by atoms with Crippen LogP contribution in [0.2, 0.25) is 0 Å². The molecule has 5 rings (SSSR count). The van der Waals surface area contributed by atoms with Crippen molar-refractivity contribution < 1.29 is 14.6 Å². The highest BCUT2D eigenvalue weighted by Gasteiger charge is 2.72. The van der Waals surface area contributed by atoms with Gasteiger partial charge >= 0.3 is 0 Å². The molecule has 4 aliphatic rings. The summed E-state index contributed by atoms with van der Waals surface area (Å²) < 4.78 is 7.04. The molecule has 2 heterocycles. The van der Waals surface area contributed by atoms with Crippen LogP contribution >= 0.6 is 15.9 Å². The number of carbonyl (C=O) groups excluding carboxylic acids is 1. The highest BCUT2D eigenvalue weighted by Crippen LogP contribution is 2.64. The van der Waals surface area contributed by atoms with Gasteiger partial charge in [-0.15, -0.1) is 0 Å². The van der Waals surface area contributed by atoms with Crippen molar-refractivity contribution in [3.8, 4) is 5.75 Å². The minimum atomic E-state index is -0.863. The molecule has 4 atom stereocenters. The molecule has 1 aromatic rings. The first kappa shape index (κ1) is 13.5. The first-order valence-corrected chi connectivity index (χ1v) is 8.72. The number of likely N-dealkylation sites (N-methyl/N-ethyl adjacent to an activating group) is 1. The summed E-state index contributed by atoms with van der Waals surface area (Å²) in [4.78, 5) is 14.9. The number of likely N-dealkylation sites (tertiary alicyclic amines) is 1. The Balaban J connectivity index is 1.88. The highest BCUT2D eigenvalue weighted by atomic mass is 79.9. The number of benzene rings is 1. The van der Waals surface area contributed by atoms with Crippen molar-refractivity contribution in [3.63, 3.8) is 0 Å². The van der Waals surface area contributed by atoms with Crippen molar-refractivity contribution >= 4 is 21.7 Å². The lowest BCUT2D eigenvalue weighted by Crippen LogP contribution is -2.76. The Bertz CT molecular complexity index is 720. The second kappa shape index (κ2) is 3.94.